The monoisotopic (exact) mass is 518 g/mol. The zero-order chi connectivity index (χ0) is 26.9. The smallest absolute Gasteiger partial charge is 0.340 e. The molecule has 190 valence electrons. The zero-order valence-electron chi connectivity index (χ0n) is 21.3. The molecule has 2 heterocycles. The van der Waals surface area contributed by atoms with E-state index in [0.717, 1.165) is 17.0 Å². The third kappa shape index (κ3) is 4.70. The fourth-order valence-corrected chi connectivity index (χ4v) is 4.72. The number of halogens is 1. The molecule has 0 radical (unpaired) electrons. The summed E-state index contributed by atoms with van der Waals surface area (Å²) in [5, 5.41) is 0.540. The van der Waals surface area contributed by atoms with Crippen molar-refractivity contribution in [1.29, 1.82) is 0 Å². The van der Waals surface area contributed by atoms with Gasteiger partial charge in [-0.25, -0.2) is 9.59 Å². The topological polar surface area (TPSA) is 77.8 Å². The third-order valence-corrected chi connectivity index (χ3v) is 6.54. The largest absolute Gasteiger partial charge is 0.465 e. The van der Waals surface area contributed by atoms with Crippen molar-refractivity contribution < 1.29 is 23.9 Å². The maximum Gasteiger partial charge on any atom is 0.340 e. The van der Waals surface area contributed by atoms with Crippen LogP contribution in [0.4, 0.5) is 5.69 Å². The normalized spacial score (nSPS) is 14.5. The van der Waals surface area contributed by atoms with E-state index < -0.39 is 11.9 Å². The van der Waals surface area contributed by atoms with Crippen LogP contribution in [0.25, 0.3) is 11.8 Å². The molecule has 3 aromatic rings. The first kappa shape index (κ1) is 26.0. The summed E-state index contributed by atoms with van der Waals surface area (Å²) in [4.78, 5) is 40.6. The molecule has 37 heavy (non-hydrogen) atoms. The van der Waals surface area contributed by atoms with Crippen molar-refractivity contribution in [3.8, 4) is 5.69 Å². The Labute approximate surface area is 220 Å². The van der Waals surface area contributed by atoms with Gasteiger partial charge in [0, 0.05) is 27.8 Å². The molecule has 0 aliphatic carbocycles. The average Bonchev–Trinajstić information content (AvgIpc) is 3.30. The van der Waals surface area contributed by atoms with Crippen molar-refractivity contribution in [2.45, 2.75) is 27.7 Å². The maximum atomic E-state index is 13.7. The number of hydrogen-bond acceptors (Lipinski definition) is 5. The van der Waals surface area contributed by atoms with Gasteiger partial charge < -0.3 is 14.0 Å². The fraction of sp³-hybridized carbons (Fsp3) is 0.207. The van der Waals surface area contributed by atoms with E-state index in [-0.39, 0.29) is 23.7 Å². The van der Waals surface area contributed by atoms with Crippen LogP contribution in [-0.2, 0) is 19.1 Å². The van der Waals surface area contributed by atoms with Crippen molar-refractivity contribution in [3.63, 3.8) is 0 Å². The van der Waals surface area contributed by atoms with Crippen LogP contribution in [0.1, 0.15) is 41.2 Å². The van der Waals surface area contributed by atoms with Crippen LogP contribution in [0.2, 0.25) is 5.02 Å². The first-order chi connectivity index (χ1) is 17.7. The number of benzene rings is 2. The van der Waals surface area contributed by atoms with E-state index >= 15 is 0 Å². The van der Waals surface area contributed by atoms with Crippen molar-refractivity contribution in [3.05, 3.63) is 99.0 Å². The molecule has 0 atom stereocenters. The molecule has 8 heteroatoms. The second-order valence-corrected chi connectivity index (χ2v) is 8.96. The van der Waals surface area contributed by atoms with Gasteiger partial charge in [0.2, 0.25) is 0 Å². The zero-order valence-corrected chi connectivity index (χ0v) is 22.1. The molecule has 0 fully saturated rings. The molecule has 1 amide bonds. The lowest BCUT2D eigenvalue weighted by Crippen LogP contribution is -2.24. The van der Waals surface area contributed by atoms with E-state index in [9.17, 15) is 14.4 Å². The summed E-state index contributed by atoms with van der Waals surface area (Å²) in [6.07, 6.45) is 1.70. The Hall–Kier alpha value is -4.10. The molecule has 0 unspecified atom stereocenters. The molecule has 7 nitrogen and oxygen atoms in total. The van der Waals surface area contributed by atoms with E-state index in [0.29, 0.717) is 27.7 Å². The summed E-state index contributed by atoms with van der Waals surface area (Å²) in [7, 11) is 1.34. The van der Waals surface area contributed by atoms with Gasteiger partial charge in [0.15, 0.2) is 0 Å². The lowest BCUT2D eigenvalue weighted by Gasteiger charge is -2.18. The van der Waals surface area contributed by atoms with Crippen LogP contribution in [0.15, 0.2) is 71.4 Å². The molecule has 0 saturated carbocycles. The standard InChI is InChI=1S/C29H27ClN2O5/c1-6-37-29(35)26-19(4)32(22-13-11-21(30)12-14-22)27(33)24(26)16-20-15-17(2)31(18(20)3)25-10-8-7-9-23(25)28(34)36-5/h7-16H,6H2,1-5H3/b24-16-. The predicted molar refractivity (Wildman–Crippen MR) is 143 cm³/mol. The Kier molecular flexibility index (Phi) is 7.36. The Balaban J connectivity index is 1.86. The van der Waals surface area contributed by atoms with Crippen molar-refractivity contribution in [2.75, 3.05) is 18.6 Å². The summed E-state index contributed by atoms with van der Waals surface area (Å²) in [6, 6.07) is 15.9. The highest BCUT2D eigenvalue weighted by atomic mass is 35.5. The SMILES string of the molecule is CCOC(=O)C1=C(C)N(c2ccc(Cl)cc2)C(=O)/C1=C\c1cc(C)n(-c2ccccc2C(=O)OC)c1C. The predicted octanol–water partition coefficient (Wildman–Crippen LogP) is 5.80. The first-order valence-electron chi connectivity index (χ1n) is 11.8. The Bertz CT molecular complexity index is 1460. The van der Waals surface area contributed by atoms with Gasteiger partial charge in [-0.2, -0.15) is 0 Å². The summed E-state index contributed by atoms with van der Waals surface area (Å²) >= 11 is 6.04. The lowest BCUT2D eigenvalue weighted by molar-refractivity contribution is -0.138. The van der Waals surface area contributed by atoms with Crippen LogP contribution in [-0.4, -0.2) is 36.1 Å². The number of allylic oxidation sites excluding steroid dienone is 1. The van der Waals surface area contributed by atoms with Gasteiger partial charge in [-0.1, -0.05) is 23.7 Å². The van der Waals surface area contributed by atoms with E-state index in [1.165, 1.54) is 12.0 Å². The van der Waals surface area contributed by atoms with E-state index in [1.54, 1.807) is 56.3 Å². The molecule has 1 aromatic heterocycles. The van der Waals surface area contributed by atoms with E-state index in [1.807, 2.05) is 36.6 Å². The van der Waals surface area contributed by atoms with Gasteiger partial charge in [-0.3, -0.25) is 9.69 Å². The van der Waals surface area contributed by atoms with Crippen LogP contribution in [0.3, 0.4) is 0 Å². The number of carbonyl (C=O) groups is 3. The molecular formula is C29H27ClN2O5. The minimum absolute atomic E-state index is 0.177. The third-order valence-electron chi connectivity index (χ3n) is 6.28. The number of nitrogens with zero attached hydrogens (tertiary/aromatic N) is 2. The molecule has 0 bridgehead atoms. The van der Waals surface area contributed by atoms with Crippen LogP contribution in [0.5, 0.6) is 0 Å². The average molecular weight is 519 g/mol. The van der Waals surface area contributed by atoms with Gasteiger partial charge in [-0.05, 0) is 81.8 Å². The number of anilines is 1. The summed E-state index contributed by atoms with van der Waals surface area (Å²) in [5.74, 6) is -1.36. The lowest BCUT2D eigenvalue weighted by atomic mass is 10.0. The van der Waals surface area contributed by atoms with Gasteiger partial charge in [0.1, 0.15) is 0 Å². The van der Waals surface area contributed by atoms with Crippen LogP contribution in [0, 0.1) is 13.8 Å². The van der Waals surface area contributed by atoms with Crippen molar-refractivity contribution in [1.82, 2.24) is 4.57 Å². The molecule has 0 saturated heterocycles. The molecule has 4 rings (SSSR count). The Morgan fingerprint density at radius 3 is 2.32 bits per heavy atom. The highest BCUT2D eigenvalue weighted by Gasteiger charge is 2.38. The van der Waals surface area contributed by atoms with Crippen LogP contribution < -0.4 is 4.90 Å². The second kappa shape index (κ2) is 10.5. The number of hydrogen-bond donors (Lipinski definition) is 0. The Morgan fingerprint density at radius 1 is 1.00 bits per heavy atom. The molecule has 0 spiro atoms. The summed E-state index contributed by atoms with van der Waals surface area (Å²) in [5.41, 5.74) is 4.95. The highest BCUT2D eigenvalue weighted by Crippen LogP contribution is 2.37. The fourth-order valence-electron chi connectivity index (χ4n) is 4.59. The van der Waals surface area contributed by atoms with Crippen LogP contribution >= 0.6 is 11.6 Å². The van der Waals surface area contributed by atoms with Gasteiger partial charge >= 0.3 is 11.9 Å². The number of rotatable bonds is 6. The minimum Gasteiger partial charge on any atom is -0.465 e. The van der Waals surface area contributed by atoms with Gasteiger partial charge in [0.05, 0.1) is 36.1 Å². The second-order valence-electron chi connectivity index (χ2n) is 8.53. The van der Waals surface area contributed by atoms with Crippen molar-refractivity contribution in [2.24, 2.45) is 0 Å². The molecule has 0 N–H and O–H groups in total. The molecule has 1 aliphatic rings. The molecular weight excluding hydrogens is 492 g/mol. The van der Waals surface area contributed by atoms with Gasteiger partial charge in [-0.15, -0.1) is 0 Å². The number of para-hydroxylation sites is 1. The van der Waals surface area contributed by atoms with Crippen molar-refractivity contribution >= 4 is 41.2 Å². The number of amides is 1. The van der Waals surface area contributed by atoms with E-state index in [2.05, 4.69) is 0 Å². The molecule has 2 aromatic carbocycles. The molecule has 1 aliphatic heterocycles. The number of methoxy groups -OCH3 is 1. The number of esters is 2. The highest BCUT2D eigenvalue weighted by molar-refractivity contribution is 6.30. The quantitative estimate of drug-likeness (QED) is 0.304. The maximum absolute atomic E-state index is 13.7. The summed E-state index contributed by atoms with van der Waals surface area (Å²) in [6.45, 7) is 7.42. The number of carbonyl (C=O) groups excluding carboxylic acids is 3. The number of ether oxygens (including phenoxy) is 2. The van der Waals surface area contributed by atoms with Gasteiger partial charge in [0.25, 0.3) is 5.91 Å². The first-order valence-corrected chi connectivity index (χ1v) is 12.1. The number of aryl methyl sites for hydroxylation is 1. The summed E-state index contributed by atoms with van der Waals surface area (Å²) < 4.78 is 12.2. The number of aromatic nitrogens is 1. The minimum atomic E-state index is -0.569. The van der Waals surface area contributed by atoms with E-state index in [4.69, 9.17) is 21.1 Å². The Morgan fingerprint density at radius 2 is 1.68 bits per heavy atom.